The first kappa shape index (κ1) is 24.2. The molecule has 2 amide bonds. The molecule has 3 aromatic rings. The first-order chi connectivity index (χ1) is 16.6. The van der Waals surface area contributed by atoms with Crippen molar-refractivity contribution in [3.63, 3.8) is 0 Å². The van der Waals surface area contributed by atoms with E-state index < -0.39 is 36.7 Å². The molecule has 4 rings (SSSR count). The third-order valence-corrected chi connectivity index (χ3v) is 5.56. The van der Waals surface area contributed by atoms with E-state index in [9.17, 15) is 32.3 Å². The molecule has 1 heterocycles. The zero-order chi connectivity index (χ0) is 25.3. The number of halogens is 4. The smallest absolute Gasteiger partial charge is 0.387 e. The highest BCUT2D eigenvalue weighted by atomic mass is 19.3. The Balaban J connectivity index is 1.78. The van der Waals surface area contributed by atoms with Crippen LogP contribution >= 0.6 is 0 Å². The van der Waals surface area contributed by atoms with Crippen molar-refractivity contribution in [2.75, 3.05) is 5.32 Å². The lowest BCUT2D eigenvalue weighted by molar-refractivity contribution is -0.118. The van der Waals surface area contributed by atoms with Gasteiger partial charge in [0.15, 0.2) is 11.5 Å². The summed E-state index contributed by atoms with van der Waals surface area (Å²) < 4.78 is 61.0. The average molecular weight is 495 g/mol. The summed E-state index contributed by atoms with van der Waals surface area (Å²) in [5.41, 5.74) is 5.91. The molecule has 2 aromatic carbocycles. The minimum atomic E-state index is -3.33. The van der Waals surface area contributed by atoms with Crippen molar-refractivity contribution in [3.05, 3.63) is 48.2 Å². The van der Waals surface area contributed by atoms with Crippen LogP contribution in [0.5, 0.6) is 17.4 Å². The largest absolute Gasteiger partial charge is 0.494 e. The molecule has 1 aromatic heterocycles. The van der Waals surface area contributed by atoms with E-state index in [1.54, 1.807) is 18.2 Å². The number of hydrogen-bond donors (Lipinski definition) is 3. The molecule has 8 nitrogen and oxygen atoms in total. The second-order valence-corrected chi connectivity index (χ2v) is 8.04. The molecule has 12 heteroatoms. The lowest BCUT2D eigenvalue weighted by Crippen LogP contribution is -2.20. The predicted molar refractivity (Wildman–Crippen MR) is 117 cm³/mol. The normalized spacial score (nSPS) is 14.3. The summed E-state index contributed by atoms with van der Waals surface area (Å²) in [7, 11) is 0. The molecule has 1 atom stereocenters. The molecule has 35 heavy (non-hydrogen) atoms. The zero-order valence-electron chi connectivity index (χ0n) is 18.1. The van der Waals surface area contributed by atoms with Crippen LogP contribution in [0.1, 0.15) is 30.9 Å². The summed E-state index contributed by atoms with van der Waals surface area (Å²) in [5, 5.41) is 14.7. The van der Waals surface area contributed by atoms with Crippen molar-refractivity contribution in [2.45, 2.75) is 38.5 Å². The van der Waals surface area contributed by atoms with E-state index >= 15 is 0 Å². The van der Waals surface area contributed by atoms with Crippen molar-refractivity contribution in [3.8, 4) is 17.4 Å². The highest BCUT2D eigenvalue weighted by Gasteiger charge is 2.31. The van der Waals surface area contributed by atoms with E-state index in [-0.39, 0.29) is 29.7 Å². The van der Waals surface area contributed by atoms with Crippen LogP contribution < -0.4 is 20.5 Å². The number of benzene rings is 2. The first-order valence-corrected chi connectivity index (χ1v) is 10.6. The third kappa shape index (κ3) is 5.42. The Morgan fingerprint density at radius 1 is 1.09 bits per heavy atom. The van der Waals surface area contributed by atoms with Gasteiger partial charge in [-0.2, -0.15) is 17.6 Å². The molecule has 1 aliphatic carbocycles. The molecule has 0 aliphatic heterocycles. The number of carbonyl (C=O) groups is 2. The minimum absolute atomic E-state index is 0.0840. The standard InChI is InChI=1S/C23H21F4N3O5/c24-22(25)34-16-7-6-12(8-17(16)35-23(26)27)15(9-18(28)31)30-10-13-2-1-3-14(19(13)21(30)33)29-20(32)11-4-5-11/h1-3,6-8,10-11,15,22-23,33H,4-5,9H2,(H2,28,31)(H,29,32). The molecule has 1 aliphatic rings. The molecule has 0 saturated heterocycles. The second kappa shape index (κ2) is 9.72. The highest BCUT2D eigenvalue weighted by Crippen LogP contribution is 2.41. The number of carbonyl (C=O) groups excluding carboxylic acids is 2. The first-order valence-electron chi connectivity index (χ1n) is 10.6. The number of nitrogens with one attached hydrogen (secondary N) is 1. The second-order valence-electron chi connectivity index (χ2n) is 8.04. The Kier molecular flexibility index (Phi) is 6.72. The Bertz CT molecular complexity index is 1260. The number of amides is 2. The molecular weight excluding hydrogens is 474 g/mol. The van der Waals surface area contributed by atoms with Crippen molar-refractivity contribution in [1.82, 2.24) is 4.57 Å². The van der Waals surface area contributed by atoms with E-state index in [0.717, 1.165) is 25.0 Å². The summed E-state index contributed by atoms with van der Waals surface area (Å²) in [6, 6.07) is 7.21. The minimum Gasteiger partial charge on any atom is -0.494 e. The molecule has 4 N–H and O–H groups in total. The molecule has 186 valence electrons. The Morgan fingerprint density at radius 3 is 2.40 bits per heavy atom. The number of nitrogens with zero attached hydrogens (tertiary/aromatic N) is 1. The Labute approximate surface area is 196 Å². The maximum atomic E-state index is 12.9. The number of hydrogen-bond acceptors (Lipinski definition) is 5. The number of rotatable bonds is 10. The third-order valence-electron chi connectivity index (χ3n) is 5.56. The SMILES string of the molecule is NC(=O)CC(c1ccc(OC(F)F)c(OC(F)F)c1)n1cc2cccc(NC(=O)C3CC3)c2c1O. The fourth-order valence-electron chi connectivity index (χ4n) is 3.87. The van der Waals surface area contributed by atoms with Gasteiger partial charge in [-0.3, -0.25) is 9.59 Å². The fourth-order valence-corrected chi connectivity index (χ4v) is 3.87. The maximum absolute atomic E-state index is 12.9. The average Bonchev–Trinajstić information content (AvgIpc) is 3.57. The van der Waals surface area contributed by atoms with Gasteiger partial charge in [0.1, 0.15) is 0 Å². The lowest BCUT2D eigenvalue weighted by atomic mass is 10.0. The Morgan fingerprint density at radius 2 is 1.77 bits per heavy atom. The van der Waals surface area contributed by atoms with E-state index in [0.29, 0.717) is 16.5 Å². The molecule has 0 bridgehead atoms. The summed E-state index contributed by atoms with van der Waals surface area (Å²) in [4.78, 5) is 24.1. The van der Waals surface area contributed by atoms with Crippen LogP contribution in [-0.2, 0) is 9.59 Å². The molecule has 0 radical (unpaired) electrons. The van der Waals surface area contributed by atoms with Crippen LogP contribution in [0, 0.1) is 5.92 Å². The number of fused-ring (bicyclic) bond motifs is 1. The maximum Gasteiger partial charge on any atom is 0.387 e. The zero-order valence-corrected chi connectivity index (χ0v) is 18.1. The van der Waals surface area contributed by atoms with Gasteiger partial charge in [0, 0.05) is 17.5 Å². The van der Waals surface area contributed by atoms with E-state index in [4.69, 9.17) is 5.73 Å². The van der Waals surface area contributed by atoms with Crippen LogP contribution in [0.25, 0.3) is 10.8 Å². The van der Waals surface area contributed by atoms with Crippen molar-refractivity contribution in [1.29, 1.82) is 0 Å². The van der Waals surface area contributed by atoms with Gasteiger partial charge in [-0.1, -0.05) is 18.2 Å². The number of nitrogens with two attached hydrogens (primary N) is 1. The van der Waals surface area contributed by atoms with Gasteiger partial charge in [-0.15, -0.1) is 0 Å². The number of ether oxygens (including phenoxy) is 2. The number of alkyl halides is 4. The van der Waals surface area contributed by atoms with Crippen LogP contribution in [0.15, 0.2) is 42.6 Å². The van der Waals surface area contributed by atoms with Gasteiger partial charge >= 0.3 is 13.2 Å². The Hall–Kier alpha value is -3.96. The number of anilines is 1. The lowest BCUT2D eigenvalue weighted by Gasteiger charge is -2.21. The number of aromatic nitrogens is 1. The van der Waals surface area contributed by atoms with Gasteiger partial charge < -0.3 is 30.2 Å². The summed E-state index contributed by atoms with van der Waals surface area (Å²) in [6.07, 6.45) is 2.69. The van der Waals surface area contributed by atoms with Gasteiger partial charge in [0.05, 0.1) is 23.5 Å². The number of aromatic hydroxyl groups is 1. The van der Waals surface area contributed by atoms with Crippen molar-refractivity contribution >= 4 is 28.3 Å². The van der Waals surface area contributed by atoms with Crippen LogP contribution in [0.3, 0.4) is 0 Å². The van der Waals surface area contributed by atoms with Gasteiger partial charge in [0.2, 0.25) is 17.7 Å². The summed E-state index contributed by atoms with van der Waals surface area (Å²) in [5.74, 6) is -2.67. The monoisotopic (exact) mass is 495 g/mol. The molecular formula is C23H21F4N3O5. The molecule has 1 unspecified atom stereocenters. The molecule has 1 saturated carbocycles. The summed E-state index contributed by atoms with van der Waals surface area (Å²) in [6.45, 7) is -6.62. The van der Waals surface area contributed by atoms with E-state index in [2.05, 4.69) is 14.8 Å². The topological polar surface area (TPSA) is 116 Å². The van der Waals surface area contributed by atoms with E-state index in [1.807, 2.05) is 0 Å². The van der Waals surface area contributed by atoms with Gasteiger partial charge in [-0.25, -0.2) is 0 Å². The van der Waals surface area contributed by atoms with Gasteiger partial charge in [-0.05, 0) is 36.6 Å². The van der Waals surface area contributed by atoms with Crippen molar-refractivity contribution < 1.29 is 41.7 Å². The van der Waals surface area contributed by atoms with Crippen molar-refractivity contribution in [2.24, 2.45) is 11.7 Å². The fraction of sp³-hybridized carbons (Fsp3) is 0.304. The summed E-state index contributed by atoms with van der Waals surface area (Å²) >= 11 is 0. The number of primary amides is 1. The predicted octanol–water partition coefficient (Wildman–Crippen LogP) is 4.36. The highest BCUT2D eigenvalue weighted by molar-refractivity contribution is 6.06. The van der Waals surface area contributed by atoms with E-state index in [1.165, 1.54) is 16.8 Å². The van der Waals surface area contributed by atoms with Crippen LogP contribution in [0.2, 0.25) is 0 Å². The van der Waals surface area contributed by atoms with Gasteiger partial charge in [0.25, 0.3) is 0 Å². The molecule has 0 spiro atoms. The van der Waals surface area contributed by atoms with Crippen LogP contribution in [-0.4, -0.2) is 34.7 Å². The molecule has 1 fully saturated rings. The quantitative estimate of drug-likeness (QED) is 0.362. The van der Waals surface area contributed by atoms with Crippen LogP contribution in [0.4, 0.5) is 23.2 Å².